The average molecular weight is 375 g/mol. The van der Waals surface area contributed by atoms with Gasteiger partial charge >= 0.3 is 6.03 Å². The highest BCUT2D eigenvalue weighted by molar-refractivity contribution is 6.31. The molecule has 3 rings (SSSR count). The van der Waals surface area contributed by atoms with Gasteiger partial charge in [0, 0.05) is 27.5 Å². The van der Waals surface area contributed by atoms with E-state index in [4.69, 9.17) is 23.2 Å². The molecular formula is C18H16Cl2N4O. The van der Waals surface area contributed by atoms with Crippen molar-refractivity contribution in [3.63, 3.8) is 0 Å². The number of hydrogen-bond acceptors (Lipinski definition) is 2. The number of benzene rings is 2. The Morgan fingerprint density at radius 2 is 1.80 bits per heavy atom. The number of nitrogens with one attached hydrogen (secondary N) is 2. The number of carbonyl (C=O) groups is 1. The van der Waals surface area contributed by atoms with Gasteiger partial charge in [0.2, 0.25) is 0 Å². The lowest BCUT2D eigenvalue weighted by Crippen LogP contribution is -2.19. The molecule has 0 aliphatic rings. The molecule has 0 radical (unpaired) electrons. The van der Waals surface area contributed by atoms with Crippen LogP contribution in [0, 0.1) is 6.92 Å². The van der Waals surface area contributed by atoms with Crippen LogP contribution in [0.15, 0.2) is 54.6 Å². The number of anilines is 2. The molecule has 0 unspecified atom stereocenters. The van der Waals surface area contributed by atoms with Crippen LogP contribution in [-0.2, 0) is 6.54 Å². The van der Waals surface area contributed by atoms with Gasteiger partial charge in [-0.05, 0) is 42.8 Å². The first-order chi connectivity index (χ1) is 12.0. The highest BCUT2D eigenvalue weighted by Crippen LogP contribution is 2.16. The van der Waals surface area contributed by atoms with Crippen molar-refractivity contribution in [3.05, 3.63) is 75.9 Å². The van der Waals surface area contributed by atoms with Gasteiger partial charge in [0.05, 0.1) is 6.54 Å². The molecule has 7 heteroatoms. The molecule has 1 heterocycles. The zero-order valence-corrected chi connectivity index (χ0v) is 15.0. The number of nitrogens with zero attached hydrogens (tertiary/aromatic N) is 2. The maximum absolute atomic E-state index is 12.1. The van der Waals surface area contributed by atoms with Crippen molar-refractivity contribution in [2.75, 3.05) is 10.6 Å². The summed E-state index contributed by atoms with van der Waals surface area (Å²) >= 11 is 11.8. The van der Waals surface area contributed by atoms with E-state index in [1.54, 1.807) is 24.3 Å². The van der Waals surface area contributed by atoms with Crippen LogP contribution < -0.4 is 10.6 Å². The molecule has 0 saturated heterocycles. The molecule has 2 N–H and O–H groups in total. The van der Waals surface area contributed by atoms with Crippen molar-refractivity contribution in [1.29, 1.82) is 0 Å². The van der Waals surface area contributed by atoms with Crippen LogP contribution in [0.3, 0.4) is 0 Å². The molecule has 0 aliphatic carbocycles. The van der Waals surface area contributed by atoms with Crippen LogP contribution in [-0.4, -0.2) is 15.8 Å². The summed E-state index contributed by atoms with van der Waals surface area (Å²) in [6, 6.07) is 16.0. The van der Waals surface area contributed by atoms with E-state index >= 15 is 0 Å². The van der Waals surface area contributed by atoms with Crippen molar-refractivity contribution in [3.8, 4) is 0 Å². The van der Waals surface area contributed by atoms with E-state index in [-0.39, 0.29) is 6.03 Å². The monoisotopic (exact) mass is 374 g/mol. The normalized spacial score (nSPS) is 10.5. The molecule has 2 aromatic carbocycles. The first kappa shape index (κ1) is 17.3. The summed E-state index contributed by atoms with van der Waals surface area (Å²) in [5, 5.41) is 11.1. The highest BCUT2D eigenvalue weighted by atomic mass is 35.5. The molecule has 25 heavy (non-hydrogen) atoms. The van der Waals surface area contributed by atoms with Gasteiger partial charge in [-0.3, -0.25) is 10.00 Å². The predicted octanol–water partition coefficient (Wildman–Crippen LogP) is 5.19. The molecule has 5 nitrogen and oxygen atoms in total. The third-order valence-corrected chi connectivity index (χ3v) is 4.04. The first-order valence-electron chi connectivity index (χ1n) is 7.62. The summed E-state index contributed by atoms with van der Waals surface area (Å²) in [7, 11) is 0. The van der Waals surface area contributed by atoms with Crippen LogP contribution in [0.4, 0.5) is 16.3 Å². The summed E-state index contributed by atoms with van der Waals surface area (Å²) in [6.07, 6.45) is 0. The largest absolute Gasteiger partial charge is 0.324 e. The number of rotatable bonds is 4. The molecule has 0 bridgehead atoms. The molecule has 2 amide bonds. The number of hydrogen-bond donors (Lipinski definition) is 2. The predicted molar refractivity (Wildman–Crippen MR) is 102 cm³/mol. The van der Waals surface area contributed by atoms with E-state index < -0.39 is 0 Å². The van der Waals surface area contributed by atoms with Gasteiger partial charge in [-0.15, -0.1) is 0 Å². The van der Waals surface area contributed by atoms with Gasteiger partial charge in [-0.2, -0.15) is 5.10 Å². The number of aryl methyl sites for hydroxylation is 1. The summed E-state index contributed by atoms with van der Waals surface area (Å²) in [5.74, 6) is 0.478. The SMILES string of the molecule is Cc1cc(NC(=O)Nc2cccc(Cl)c2)nn1Cc1ccc(Cl)cc1. The van der Waals surface area contributed by atoms with E-state index in [0.29, 0.717) is 28.1 Å². The maximum Gasteiger partial charge on any atom is 0.324 e. The zero-order chi connectivity index (χ0) is 17.8. The van der Waals surface area contributed by atoms with Gasteiger partial charge in [-0.1, -0.05) is 41.4 Å². The number of carbonyl (C=O) groups excluding carboxylic acids is 1. The Hall–Kier alpha value is -2.50. The Labute approximate surface area is 155 Å². The smallest absolute Gasteiger partial charge is 0.308 e. The van der Waals surface area contributed by atoms with Crippen molar-refractivity contribution in [2.45, 2.75) is 13.5 Å². The Bertz CT molecular complexity index is 890. The zero-order valence-electron chi connectivity index (χ0n) is 13.5. The Morgan fingerprint density at radius 1 is 1.04 bits per heavy atom. The van der Waals surface area contributed by atoms with Gasteiger partial charge in [0.25, 0.3) is 0 Å². The second kappa shape index (κ2) is 7.59. The molecule has 0 fully saturated rings. The van der Waals surface area contributed by atoms with E-state index in [2.05, 4.69) is 15.7 Å². The van der Waals surface area contributed by atoms with Crippen LogP contribution >= 0.6 is 23.2 Å². The summed E-state index contributed by atoms with van der Waals surface area (Å²) in [4.78, 5) is 12.1. The van der Waals surface area contributed by atoms with Crippen LogP contribution in [0.25, 0.3) is 0 Å². The molecule has 0 aliphatic heterocycles. The Morgan fingerprint density at radius 3 is 2.52 bits per heavy atom. The van der Waals surface area contributed by atoms with E-state index in [0.717, 1.165) is 11.3 Å². The number of amides is 2. The Balaban J connectivity index is 1.65. The molecule has 0 atom stereocenters. The van der Waals surface area contributed by atoms with Gasteiger partial charge in [-0.25, -0.2) is 4.79 Å². The summed E-state index contributed by atoms with van der Waals surface area (Å²) in [6.45, 7) is 2.53. The molecule has 1 aromatic heterocycles. The van der Waals surface area contributed by atoms with Gasteiger partial charge < -0.3 is 5.32 Å². The quantitative estimate of drug-likeness (QED) is 0.659. The molecule has 0 spiro atoms. The summed E-state index contributed by atoms with van der Waals surface area (Å²) < 4.78 is 1.82. The second-order valence-corrected chi connectivity index (χ2v) is 6.42. The van der Waals surface area contributed by atoms with Crippen molar-refractivity contribution in [2.24, 2.45) is 0 Å². The molecule has 3 aromatic rings. The lowest BCUT2D eigenvalue weighted by molar-refractivity contribution is 0.262. The fourth-order valence-corrected chi connectivity index (χ4v) is 2.66. The fraction of sp³-hybridized carbons (Fsp3) is 0.111. The summed E-state index contributed by atoms with van der Waals surface area (Å²) in [5.41, 5.74) is 2.63. The topological polar surface area (TPSA) is 59.0 Å². The first-order valence-corrected chi connectivity index (χ1v) is 8.38. The number of urea groups is 1. The van der Waals surface area contributed by atoms with Crippen molar-refractivity contribution in [1.82, 2.24) is 9.78 Å². The lowest BCUT2D eigenvalue weighted by Gasteiger charge is -2.06. The minimum absolute atomic E-state index is 0.376. The molecular weight excluding hydrogens is 359 g/mol. The third-order valence-electron chi connectivity index (χ3n) is 3.55. The average Bonchev–Trinajstić information content (AvgIpc) is 2.88. The maximum atomic E-state index is 12.1. The van der Waals surface area contributed by atoms with E-state index in [1.807, 2.05) is 41.9 Å². The minimum atomic E-state index is -0.376. The fourth-order valence-electron chi connectivity index (χ4n) is 2.34. The van der Waals surface area contributed by atoms with E-state index in [9.17, 15) is 4.79 Å². The lowest BCUT2D eigenvalue weighted by atomic mass is 10.2. The molecule has 0 saturated carbocycles. The highest BCUT2D eigenvalue weighted by Gasteiger charge is 2.09. The van der Waals surface area contributed by atoms with Gasteiger partial charge in [0.1, 0.15) is 0 Å². The second-order valence-electron chi connectivity index (χ2n) is 5.54. The van der Waals surface area contributed by atoms with Crippen molar-refractivity contribution >= 4 is 40.7 Å². The number of aromatic nitrogens is 2. The minimum Gasteiger partial charge on any atom is -0.308 e. The van der Waals surface area contributed by atoms with Crippen LogP contribution in [0.5, 0.6) is 0 Å². The van der Waals surface area contributed by atoms with Crippen LogP contribution in [0.1, 0.15) is 11.3 Å². The van der Waals surface area contributed by atoms with Crippen LogP contribution in [0.2, 0.25) is 10.0 Å². The molecule has 128 valence electrons. The van der Waals surface area contributed by atoms with Gasteiger partial charge in [0.15, 0.2) is 5.82 Å². The number of halogens is 2. The third kappa shape index (κ3) is 4.75. The van der Waals surface area contributed by atoms with E-state index in [1.165, 1.54) is 0 Å². The van der Waals surface area contributed by atoms with Crippen molar-refractivity contribution < 1.29 is 4.79 Å². The Kier molecular flexibility index (Phi) is 5.26. The standard InChI is InChI=1S/C18H16Cl2N4O/c1-12-9-17(22-18(25)21-16-4-2-3-15(20)10-16)23-24(12)11-13-5-7-14(19)8-6-13/h2-10H,11H2,1H3,(H2,21,22,23,25).